The van der Waals surface area contributed by atoms with E-state index in [1.54, 1.807) is 30.3 Å². The fourth-order valence-corrected chi connectivity index (χ4v) is 4.28. The summed E-state index contributed by atoms with van der Waals surface area (Å²) in [6.45, 7) is 0.754. The number of carbonyl (C=O) groups excluding carboxylic acids is 1. The van der Waals surface area contributed by atoms with Gasteiger partial charge in [0.05, 0.1) is 0 Å². The molecule has 5 nitrogen and oxygen atoms in total. The molecule has 0 atom stereocenters. The Labute approximate surface area is 237 Å². The van der Waals surface area contributed by atoms with E-state index in [0.717, 1.165) is 21.9 Å². The van der Waals surface area contributed by atoms with Crippen LogP contribution in [-0.4, -0.2) is 5.91 Å². The number of amides is 1. The zero-order valence-corrected chi connectivity index (χ0v) is 22.3. The summed E-state index contributed by atoms with van der Waals surface area (Å²) in [6, 6.07) is 37.9. The molecule has 1 amide bonds. The lowest BCUT2D eigenvalue weighted by Crippen LogP contribution is -2.13. The van der Waals surface area contributed by atoms with Crippen LogP contribution in [0.3, 0.4) is 0 Å². The lowest BCUT2D eigenvalue weighted by Gasteiger charge is -2.13. The smallest absolute Gasteiger partial charge is 0.266 e. The van der Waals surface area contributed by atoms with Gasteiger partial charge in [0, 0.05) is 16.3 Å². The van der Waals surface area contributed by atoms with Gasteiger partial charge in [0.25, 0.3) is 5.91 Å². The van der Waals surface area contributed by atoms with Crippen molar-refractivity contribution in [2.75, 3.05) is 5.32 Å². The molecule has 0 spiro atoms. The van der Waals surface area contributed by atoms with Gasteiger partial charge < -0.3 is 14.8 Å². The molecule has 0 unspecified atom stereocenters. The zero-order chi connectivity index (χ0) is 27.7. The maximum absolute atomic E-state index is 13.1. The molecule has 0 aliphatic heterocycles. The number of hydrogen-bond donors (Lipinski definition) is 1. The normalized spacial score (nSPS) is 11.1. The molecule has 5 aromatic rings. The van der Waals surface area contributed by atoms with E-state index < -0.39 is 5.91 Å². The molecule has 0 radical (unpaired) electrons. The molecule has 0 saturated heterocycles. The first-order chi connectivity index (χ1) is 19.6. The lowest BCUT2D eigenvalue weighted by molar-refractivity contribution is -0.112. The van der Waals surface area contributed by atoms with Crippen molar-refractivity contribution in [1.29, 1.82) is 5.26 Å². The number of halogens is 1. The number of carbonyl (C=O) groups is 1. The first-order valence-corrected chi connectivity index (χ1v) is 13.1. The number of fused-ring (bicyclic) bond motifs is 1. The fourth-order valence-electron chi connectivity index (χ4n) is 4.16. The molecule has 5 aromatic carbocycles. The molecule has 0 aliphatic rings. The van der Waals surface area contributed by atoms with Gasteiger partial charge in [0.2, 0.25) is 0 Å². The predicted molar refractivity (Wildman–Crippen MR) is 159 cm³/mol. The van der Waals surface area contributed by atoms with Gasteiger partial charge in [-0.15, -0.1) is 0 Å². The highest BCUT2D eigenvalue weighted by molar-refractivity contribution is 6.30. The Balaban J connectivity index is 1.33. The van der Waals surface area contributed by atoms with E-state index >= 15 is 0 Å². The summed E-state index contributed by atoms with van der Waals surface area (Å²) >= 11 is 5.93. The molecule has 0 bridgehead atoms. The number of nitrogens with one attached hydrogen (secondary N) is 1. The van der Waals surface area contributed by atoms with Gasteiger partial charge in [-0.05, 0) is 70.4 Å². The summed E-state index contributed by atoms with van der Waals surface area (Å²) in [7, 11) is 0. The van der Waals surface area contributed by atoms with Gasteiger partial charge in [-0.25, -0.2) is 0 Å². The molecule has 0 saturated carbocycles. The van der Waals surface area contributed by atoms with Crippen LogP contribution in [0.2, 0.25) is 5.02 Å². The first kappa shape index (κ1) is 26.6. The van der Waals surface area contributed by atoms with Crippen molar-refractivity contribution < 1.29 is 14.3 Å². The van der Waals surface area contributed by atoms with Crippen molar-refractivity contribution in [1.82, 2.24) is 0 Å². The van der Waals surface area contributed by atoms with Crippen molar-refractivity contribution in [3.8, 4) is 17.6 Å². The molecule has 196 valence electrons. The molecule has 1 N–H and O–H groups in total. The monoisotopic (exact) mass is 544 g/mol. The maximum Gasteiger partial charge on any atom is 0.266 e. The Morgan fingerprint density at radius 3 is 2.20 bits per heavy atom. The minimum absolute atomic E-state index is 0.0380. The topological polar surface area (TPSA) is 71.3 Å². The molecule has 0 fully saturated rings. The molecule has 0 aliphatic carbocycles. The van der Waals surface area contributed by atoms with Gasteiger partial charge >= 0.3 is 0 Å². The summed E-state index contributed by atoms with van der Waals surface area (Å²) in [4.78, 5) is 13.1. The number of anilines is 1. The standard InChI is InChI=1S/C34H25ClN2O3/c35-28-13-10-25(11-14-28)22-39-30-17-15-29(16-18-30)37-34(38)27(21-36)20-32-31-9-5-4-8-26(31)12-19-33(32)40-23-24-6-2-1-3-7-24/h1-20H,22-23H2,(H,37,38)/b27-20+. The van der Waals surface area contributed by atoms with Crippen LogP contribution in [0.5, 0.6) is 11.5 Å². The minimum Gasteiger partial charge on any atom is -0.489 e. The van der Waals surface area contributed by atoms with Gasteiger partial charge in [-0.2, -0.15) is 5.26 Å². The van der Waals surface area contributed by atoms with Crippen LogP contribution in [0.1, 0.15) is 16.7 Å². The summed E-state index contributed by atoms with van der Waals surface area (Å²) < 4.78 is 12.0. The van der Waals surface area contributed by atoms with E-state index in [1.165, 1.54) is 0 Å². The van der Waals surface area contributed by atoms with Crippen LogP contribution in [0.25, 0.3) is 16.8 Å². The SMILES string of the molecule is N#C/C(=C\c1c(OCc2ccccc2)ccc2ccccc12)C(=O)Nc1ccc(OCc2ccc(Cl)cc2)cc1. The van der Waals surface area contributed by atoms with E-state index in [2.05, 4.69) is 5.32 Å². The lowest BCUT2D eigenvalue weighted by atomic mass is 10.0. The molecule has 5 rings (SSSR count). The van der Waals surface area contributed by atoms with Crippen molar-refractivity contribution in [2.45, 2.75) is 13.2 Å². The van der Waals surface area contributed by atoms with Crippen LogP contribution in [0.15, 0.2) is 121 Å². The Kier molecular flexibility index (Phi) is 8.41. The zero-order valence-electron chi connectivity index (χ0n) is 21.5. The third-order valence-electron chi connectivity index (χ3n) is 6.25. The number of hydrogen-bond acceptors (Lipinski definition) is 4. The number of nitriles is 1. The Hall–Kier alpha value is -5.05. The summed E-state index contributed by atoms with van der Waals surface area (Å²) in [6.07, 6.45) is 1.58. The Morgan fingerprint density at radius 2 is 1.45 bits per heavy atom. The second-order valence-corrected chi connectivity index (χ2v) is 9.47. The third kappa shape index (κ3) is 6.68. The van der Waals surface area contributed by atoms with Crippen LogP contribution >= 0.6 is 11.6 Å². The van der Waals surface area contributed by atoms with Crippen molar-refractivity contribution >= 4 is 40.0 Å². The molecule has 0 heterocycles. The number of nitrogens with zero attached hydrogens (tertiary/aromatic N) is 1. The first-order valence-electron chi connectivity index (χ1n) is 12.7. The molecule has 6 heteroatoms. The van der Waals surface area contributed by atoms with Crippen LogP contribution in [0.4, 0.5) is 5.69 Å². The van der Waals surface area contributed by atoms with Crippen LogP contribution in [-0.2, 0) is 18.0 Å². The van der Waals surface area contributed by atoms with Crippen molar-refractivity contribution in [3.63, 3.8) is 0 Å². The number of ether oxygens (including phenoxy) is 2. The van der Waals surface area contributed by atoms with Gasteiger partial charge in [0.1, 0.15) is 36.4 Å². The van der Waals surface area contributed by atoms with Gasteiger partial charge in [0.15, 0.2) is 0 Å². The average molecular weight is 545 g/mol. The Bertz CT molecular complexity index is 1690. The summed E-state index contributed by atoms with van der Waals surface area (Å²) in [5.41, 5.74) is 3.19. The Morgan fingerprint density at radius 1 is 0.775 bits per heavy atom. The quantitative estimate of drug-likeness (QED) is 0.150. The average Bonchev–Trinajstić information content (AvgIpc) is 3.00. The molecule has 0 aromatic heterocycles. The number of rotatable bonds is 9. The van der Waals surface area contributed by atoms with E-state index in [1.807, 2.05) is 97.1 Å². The largest absolute Gasteiger partial charge is 0.489 e. The van der Waals surface area contributed by atoms with E-state index in [-0.39, 0.29) is 5.57 Å². The fraction of sp³-hybridized carbons (Fsp3) is 0.0588. The van der Waals surface area contributed by atoms with Gasteiger partial charge in [-0.3, -0.25) is 4.79 Å². The van der Waals surface area contributed by atoms with E-state index in [4.69, 9.17) is 21.1 Å². The third-order valence-corrected chi connectivity index (χ3v) is 6.50. The number of benzene rings is 5. The van der Waals surface area contributed by atoms with Gasteiger partial charge in [-0.1, -0.05) is 84.4 Å². The highest BCUT2D eigenvalue weighted by Crippen LogP contribution is 2.31. The highest BCUT2D eigenvalue weighted by Gasteiger charge is 2.14. The molecule has 40 heavy (non-hydrogen) atoms. The van der Waals surface area contributed by atoms with E-state index in [0.29, 0.717) is 41.0 Å². The van der Waals surface area contributed by atoms with Crippen molar-refractivity contribution in [2.24, 2.45) is 0 Å². The van der Waals surface area contributed by atoms with Crippen molar-refractivity contribution in [3.05, 3.63) is 143 Å². The maximum atomic E-state index is 13.1. The van der Waals surface area contributed by atoms with E-state index in [9.17, 15) is 10.1 Å². The second kappa shape index (κ2) is 12.7. The predicted octanol–water partition coefficient (Wildman–Crippen LogP) is 8.20. The molecular weight excluding hydrogens is 520 g/mol. The highest BCUT2D eigenvalue weighted by atomic mass is 35.5. The summed E-state index contributed by atoms with van der Waals surface area (Å²) in [5, 5.41) is 15.2. The van der Waals surface area contributed by atoms with Crippen LogP contribution < -0.4 is 14.8 Å². The van der Waals surface area contributed by atoms with Crippen LogP contribution in [0, 0.1) is 11.3 Å². The molecular formula is C34H25ClN2O3. The summed E-state index contributed by atoms with van der Waals surface area (Å²) in [5.74, 6) is 0.726. The minimum atomic E-state index is -0.515. The second-order valence-electron chi connectivity index (χ2n) is 9.04.